The van der Waals surface area contributed by atoms with Gasteiger partial charge in [0.15, 0.2) is 16.7 Å². The Hall–Kier alpha value is -3.83. The van der Waals surface area contributed by atoms with Gasteiger partial charge >= 0.3 is 0 Å². The van der Waals surface area contributed by atoms with Crippen LogP contribution >= 0.6 is 23.1 Å². The van der Waals surface area contributed by atoms with E-state index < -0.39 is 0 Å². The molecule has 202 valence electrons. The van der Waals surface area contributed by atoms with E-state index in [-0.39, 0.29) is 23.0 Å². The molecule has 0 saturated carbocycles. The van der Waals surface area contributed by atoms with Crippen molar-refractivity contribution in [3.63, 3.8) is 0 Å². The van der Waals surface area contributed by atoms with Gasteiger partial charge in [0.05, 0.1) is 36.8 Å². The number of phenolic OH excluding ortho intramolecular Hbond substituents is 1. The van der Waals surface area contributed by atoms with Gasteiger partial charge in [-0.25, -0.2) is 10.4 Å². The van der Waals surface area contributed by atoms with Gasteiger partial charge in [-0.2, -0.15) is 5.10 Å². The highest BCUT2D eigenvalue weighted by molar-refractivity contribution is 7.99. The molecule has 0 radical (unpaired) electrons. The van der Waals surface area contributed by atoms with Crippen LogP contribution in [0.1, 0.15) is 35.8 Å². The van der Waals surface area contributed by atoms with E-state index in [4.69, 9.17) is 14.5 Å². The number of amides is 1. The number of hydrogen-bond donors (Lipinski definition) is 2. The highest BCUT2D eigenvalue weighted by Gasteiger charge is 2.23. The molecule has 2 N–H and O–H groups in total. The molecule has 2 aromatic heterocycles. The van der Waals surface area contributed by atoms with Gasteiger partial charge in [-0.3, -0.25) is 14.2 Å². The minimum Gasteiger partial charge on any atom is -0.504 e. The lowest BCUT2D eigenvalue weighted by molar-refractivity contribution is -0.118. The predicted octanol–water partition coefficient (Wildman–Crippen LogP) is 4.68. The Morgan fingerprint density at radius 1 is 1.23 bits per heavy atom. The third kappa shape index (κ3) is 5.64. The van der Waals surface area contributed by atoms with Gasteiger partial charge in [0.1, 0.15) is 10.6 Å². The maximum absolute atomic E-state index is 13.8. The van der Waals surface area contributed by atoms with Gasteiger partial charge in [0, 0.05) is 10.4 Å². The molecule has 2 heterocycles. The van der Waals surface area contributed by atoms with Crippen molar-refractivity contribution in [2.24, 2.45) is 5.10 Å². The topological polar surface area (TPSA) is 115 Å². The fraction of sp³-hybridized carbons (Fsp3) is 0.286. The molecule has 2 aromatic carbocycles. The van der Waals surface area contributed by atoms with Crippen molar-refractivity contribution in [2.75, 3.05) is 19.5 Å². The molecule has 1 amide bonds. The first-order valence-electron chi connectivity index (χ1n) is 12.6. The number of phenols is 1. The zero-order chi connectivity index (χ0) is 27.4. The monoisotopic (exact) mass is 564 g/mol. The number of nitrogens with zero attached hydrogens (tertiary/aromatic N) is 3. The van der Waals surface area contributed by atoms with Crippen molar-refractivity contribution >= 4 is 45.4 Å². The Morgan fingerprint density at radius 3 is 2.79 bits per heavy atom. The van der Waals surface area contributed by atoms with Gasteiger partial charge in [-0.05, 0) is 74.6 Å². The molecule has 0 fully saturated rings. The number of aromatic hydroxyl groups is 1. The largest absolute Gasteiger partial charge is 0.504 e. The molecule has 1 aliphatic rings. The summed E-state index contributed by atoms with van der Waals surface area (Å²) in [6.45, 7) is 2.24. The molecular formula is C28H28N4O5S2. The second-order valence-electron chi connectivity index (χ2n) is 8.83. The number of aryl methyl sites for hydroxylation is 2. The van der Waals surface area contributed by atoms with E-state index >= 15 is 0 Å². The van der Waals surface area contributed by atoms with Crippen LogP contribution in [0.15, 0.2) is 57.5 Å². The number of hydrogen-bond acceptors (Lipinski definition) is 9. The summed E-state index contributed by atoms with van der Waals surface area (Å²) in [4.78, 5) is 33.3. The van der Waals surface area contributed by atoms with Crippen LogP contribution < -0.4 is 20.5 Å². The third-order valence-corrected chi connectivity index (χ3v) is 8.47. The van der Waals surface area contributed by atoms with Crippen molar-refractivity contribution in [1.82, 2.24) is 15.0 Å². The summed E-state index contributed by atoms with van der Waals surface area (Å²) in [6, 6.07) is 12.2. The summed E-state index contributed by atoms with van der Waals surface area (Å²) in [5.74, 6) is 0.584. The van der Waals surface area contributed by atoms with Gasteiger partial charge in [-0.15, -0.1) is 11.3 Å². The smallest absolute Gasteiger partial charge is 0.267 e. The molecule has 0 spiro atoms. The Labute approximate surface area is 233 Å². The van der Waals surface area contributed by atoms with E-state index in [0.717, 1.165) is 31.2 Å². The highest BCUT2D eigenvalue weighted by atomic mass is 32.2. The van der Waals surface area contributed by atoms with E-state index in [0.29, 0.717) is 44.7 Å². The zero-order valence-electron chi connectivity index (χ0n) is 21.6. The number of nitrogens with one attached hydrogen (secondary N) is 1. The lowest BCUT2D eigenvalue weighted by atomic mass is 9.97. The number of thioether (sulfide) groups is 1. The van der Waals surface area contributed by atoms with E-state index in [9.17, 15) is 14.7 Å². The van der Waals surface area contributed by atoms with Crippen LogP contribution in [0.25, 0.3) is 15.9 Å². The van der Waals surface area contributed by atoms with Crippen molar-refractivity contribution in [2.45, 2.75) is 37.8 Å². The number of thiophene rings is 1. The number of hydrazone groups is 1. The van der Waals surface area contributed by atoms with Crippen molar-refractivity contribution < 1.29 is 19.4 Å². The summed E-state index contributed by atoms with van der Waals surface area (Å²) in [5.41, 5.74) is 4.52. The number of aromatic nitrogens is 2. The van der Waals surface area contributed by atoms with E-state index in [2.05, 4.69) is 10.5 Å². The molecule has 4 aromatic rings. The number of fused-ring (bicyclic) bond motifs is 3. The van der Waals surface area contributed by atoms with Crippen LogP contribution in [0, 0.1) is 0 Å². The number of benzene rings is 2. The minimum atomic E-state index is -0.377. The summed E-state index contributed by atoms with van der Waals surface area (Å²) >= 11 is 2.74. The van der Waals surface area contributed by atoms with Crippen molar-refractivity contribution in [1.29, 1.82) is 0 Å². The molecule has 0 bridgehead atoms. The molecule has 9 nitrogen and oxygen atoms in total. The second kappa shape index (κ2) is 11.9. The molecule has 0 unspecified atom stereocenters. The number of carbonyl (C=O) groups is 1. The number of carbonyl (C=O) groups excluding carboxylic acids is 1. The van der Waals surface area contributed by atoms with Crippen LogP contribution in [-0.4, -0.2) is 46.2 Å². The Kier molecular flexibility index (Phi) is 8.18. The molecule has 0 aliphatic heterocycles. The zero-order valence-corrected chi connectivity index (χ0v) is 23.2. The Balaban J connectivity index is 1.40. The van der Waals surface area contributed by atoms with Gasteiger partial charge in [0.25, 0.3) is 11.5 Å². The maximum atomic E-state index is 13.8. The first kappa shape index (κ1) is 26.8. The van der Waals surface area contributed by atoms with Gasteiger partial charge in [0.2, 0.25) is 0 Å². The number of ether oxygens (including phenoxy) is 2. The normalized spacial score (nSPS) is 13.0. The SMILES string of the molecule is CCOc1cccc(C=NNC(=O)CSc2nc3sc4c(c3c(=O)n2-c2ccc(OC)cc2)CCCC4)c1O. The fourth-order valence-corrected chi connectivity index (χ4v) is 6.60. The second-order valence-corrected chi connectivity index (χ2v) is 10.9. The van der Waals surface area contributed by atoms with Crippen LogP contribution in [-0.2, 0) is 17.6 Å². The van der Waals surface area contributed by atoms with Crippen molar-refractivity contribution in [3.05, 3.63) is 68.8 Å². The lowest BCUT2D eigenvalue weighted by Gasteiger charge is -2.14. The average Bonchev–Trinajstić information content (AvgIpc) is 3.33. The minimum absolute atomic E-state index is 0.0124. The fourth-order valence-electron chi connectivity index (χ4n) is 4.49. The molecule has 39 heavy (non-hydrogen) atoms. The lowest BCUT2D eigenvalue weighted by Crippen LogP contribution is -2.24. The third-order valence-electron chi connectivity index (χ3n) is 6.34. The first-order chi connectivity index (χ1) is 19.0. The van der Waals surface area contributed by atoms with Crippen LogP contribution in [0.4, 0.5) is 0 Å². The number of methoxy groups -OCH3 is 1. The van der Waals surface area contributed by atoms with E-state index in [1.807, 2.05) is 19.1 Å². The average molecular weight is 565 g/mol. The highest BCUT2D eigenvalue weighted by Crippen LogP contribution is 2.35. The molecule has 5 rings (SSSR count). The van der Waals surface area contributed by atoms with Gasteiger partial charge in [-0.1, -0.05) is 17.8 Å². The molecule has 1 aliphatic carbocycles. The Morgan fingerprint density at radius 2 is 2.03 bits per heavy atom. The van der Waals surface area contributed by atoms with Gasteiger partial charge < -0.3 is 14.6 Å². The van der Waals surface area contributed by atoms with Crippen LogP contribution in [0.2, 0.25) is 0 Å². The van der Waals surface area contributed by atoms with Crippen molar-refractivity contribution in [3.8, 4) is 22.9 Å². The van der Waals surface area contributed by atoms with E-state index in [1.165, 1.54) is 22.9 Å². The summed E-state index contributed by atoms with van der Waals surface area (Å²) in [5, 5.41) is 15.4. The standard InChI is InChI=1S/C28H28N4O5S2/c1-3-37-21-9-6-7-17(25(21)34)15-29-31-23(33)16-38-28-30-26-24(20-8-4-5-10-22(20)39-26)27(35)32(28)18-11-13-19(36-2)14-12-18/h6-7,9,11-15,34H,3-5,8,10,16H2,1-2H3,(H,31,33). The summed E-state index contributed by atoms with van der Waals surface area (Å²) < 4.78 is 12.2. The molecular weight excluding hydrogens is 536 g/mol. The Bertz CT molecular complexity index is 1590. The molecule has 11 heteroatoms. The number of rotatable bonds is 9. The molecule has 0 saturated heterocycles. The quantitative estimate of drug-likeness (QED) is 0.131. The predicted molar refractivity (Wildman–Crippen MR) is 154 cm³/mol. The number of para-hydroxylation sites is 1. The van der Waals surface area contributed by atoms with Crippen LogP contribution in [0.5, 0.6) is 17.2 Å². The summed E-state index contributed by atoms with van der Waals surface area (Å²) in [7, 11) is 1.59. The molecule has 0 atom stereocenters. The van der Waals surface area contributed by atoms with Crippen LogP contribution in [0.3, 0.4) is 0 Å². The maximum Gasteiger partial charge on any atom is 0.267 e. The first-order valence-corrected chi connectivity index (χ1v) is 14.4. The summed E-state index contributed by atoms with van der Waals surface area (Å²) in [6.07, 6.45) is 5.37. The van der Waals surface area contributed by atoms with E-state index in [1.54, 1.807) is 53.3 Å².